The van der Waals surface area contributed by atoms with Gasteiger partial charge in [-0.1, -0.05) is 0 Å². The van der Waals surface area contributed by atoms with E-state index < -0.39 is 0 Å². The average molecular weight is 354 g/mol. The molecule has 6 rings (SSSR count). The lowest BCUT2D eigenvalue weighted by Crippen LogP contribution is -2.66. The molecule has 2 unspecified atom stereocenters. The van der Waals surface area contributed by atoms with E-state index in [1.165, 1.54) is 6.42 Å². The van der Waals surface area contributed by atoms with Crippen molar-refractivity contribution >= 4 is 5.91 Å². The molecule has 0 spiro atoms. The summed E-state index contributed by atoms with van der Waals surface area (Å²) in [4.78, 5) is 14.7. The van der Waals surface area contributed by atoms with Crippen molar-refractivity contribution in [1.29, 1.82) is 0 Å². The SMILES string of the molecule is Cc1nnn(C23CC4CC(CC(NC(=O)Cc5ccn(C)c5)(C4)C2)C3)n1. The van der Waals surface area contributed by atoms with Crippen molar-refractivity contribution < 1.29 is 4.79 Å². The molecule has 4 saturated carbocycles. The lowest BCUT2D eigenvalue weighted by atomic mass is 9.50. The van der Waals surface area contributed by atoms with Crippen LogP contribution in [-0.4, -0.2) is 36.2 Å². The van der Waals surface area contributed by atoms with Gasteiger partial charge in [0.15, 0.2) is 5.82 Å². The third-order valence-electron chi connectivity index (χ3n) is 6.63. The number of nitrogens with one attached hydrogen (secondary N) is 1. The van der Waals surface area contributed by atoms with Crippen LogP contribution in [0.5, 0.6) is 0 Å². The predicted octanol–water partition coefficient (Wildman–Crippen LogP) is 1.73. The molecular formula is C19H26N6O. The first-order chi connectivity index (χ1) is 12.4. The summed E-state index contributed by atoms with van der Waals surface area (Å²) in [5.74, 6) is 2.16. The van der Waals surface area contributed by atoms with Gasteiger partial charge in [0.1, 0.15) is 0 Å². The number of aromatic nitrogens is 5. The van der Waals surface area contributed by atoms with Gasteiger partial charge in [-0.05, 0) is 74.1 Å². The molecule has 138 valence electrons. The Morgan fingerprint density at radius 1 is 1.31 bits per heavy atom. The van der Waals surface area contributed by atoms with E-state index in [4.69, 9.17) is 0 Å². The maximum atomic E-state index is 12.8. The minimum absolute atomic E-state index is 0.0641. The molecule has 7 nitrogen and oxygen atoms in total. The molecule has 4 fully saturated rings. The molecule has 2 heterocycles. The van der Waals surface area contributed by atoms with Crippen LogP contribution in [0.25, 0.3) is 0 Å². The second kappa shape index (κ2) is 5.41. The Labute approximate surface area is 153 Å². The van der Waals surface area contributed by atoms with Gasteiger partial charge in [-0.15, -0.1) is 10.2 Å². The van der Waals surface area contributed by atoms with E-state index in [0.29, 0.717) is 18.3 Å². The van der Waals surface area contributed by atoms with Gasteiger partial charge in [-0.3, -0.25) is 4.79 Å². The number of carbonyl (C=O) groups excluding carboxylic acids is 1. The van der Waals surface area contributed by atoms with Crippen LogP contribution in [0.15, 0.2) is 18.5 Å². The second-order valence-corrected chi connectivity index (χ2v) is 9.00. The monoisotopic (exact) mass is 354 g/mol. The molecule has 0 radical (unpaired) electrons. The Hall–Kier alpha value is -2.18. The molecule has 4 aliphatic carbocycles. The molecule has 7 heteroatoms. The van der Waals surface area contributed by atoms with Gasteiger partial charge in [-0.25, -0.2) is 0 Å². The maximum Gasteiger partial charge on any atom is 0.224 e. The van der Waals surface area contributed by atoms with Crippen LogP contribution in [0.4, 0.5) is 0 Å². The average Bonchev–Trinajstić information content (AvgIpc) is 3.14. The highest BCUT2D eigenvalue weighted by Crippen LogP contribution is 2.60. The quantitative estimate of drug-likeness (QED) is 0.907. The molecule has 0 saturated heterocycles. The molecule has 4 aliphatic rings. The normalized spacial score (nSPS) is 35.0. The van der Waals surface area contributed by atoms with Crippen molar-refractivity contribution in [2.75, 3.05) is 0 Å². The zero-order valence-corrected chi connectivity index (χ0v) is 15.5. The first-order valence-electron chi connectivity index (χ1n) is 9.63. The van der Waals surface area contributed by atoms with Gasteiger partial charge in [0.05, 0.1) is 12.0 Å². The Bertz CT molecular complexity index is 838. The lowest BCUT2D eigenvalue weighted by Gasteiger charge is -2.61. The summed E-state index contributed by atoms with van der Waals surface area (Å²) in [6.45, 7) is 1.89. The fraction of sp³-hybridized carbons (Fsp3) is 0.684. The van der Waals surface area contributed by atoms with Gasteiger partial charge >= 0.3 is 0 Å². The van der Waals surface area contributed by atoms with Crippen LogP contribution in [0.3, 0.4) is 0 Å². The van der Waals surface area contributed by atoms with Gasteiger partial charge in [0, 0.05) is 25.0 Å². The fourth-order valence-corrected chi connectivity index (χ4v) is 6.27. The van der Waals surface area contributed by atoms with Gasteiger partial charge in [-0.2, -0.15) is 4.80 Å². The van der Waals surface area contributed by atoms with Crippen LogP contribution >= 0.6 is 0 Å². The predicted molar refractivity (Wildman–Crippen MR) is 95.2 cm³/mol. The van der Waals surface area contributed by atoms with Crippen molar-refractivity contribution in [1.82, 2.24) is 30.1 Å². The Kier molecular flexibility index (Phi) is 3.33. The third-order valence-corrected chi connectivity index (χ3v) is 6.63. The number of rotatable bonds is 4. The smallest absolute Gasteiger partial charge is 0.224 e. The number of tetrazole rings is 1. The van der Waals surface area contributed by atoms with E-state index in [9.17, 15) is 4.79 Å². The molecular weight excluding hydrogens is 328 g/mol. The number of carbonyl (C=O) groups is 1. The van der Waals surface area contributed by atoms with E-state index in [-0.39, 0.29) is 17.0 Å². The van der Waals surface area contributed by atoms with Crippen LogP contribution in [0.2, 0.25) is 0 Å². The van der Waals surface area contributed by atoms with Gasteiger partial charge in [0.2, 0.25) is 5.91 Å². The van der Waals surface area contributed by atoms with Gasteiger partial charge < -0.3 is 9.88 Å². The van der Waals surface area contributed by atoms with E-state index >= 15 is 0 Å². The zero-order valence-electron chi connectivity index (χ0n) is 15.5. The summed E-state index contributed by atoms with van der Waals surface area (Å²) in [5, 5.41) is 16.5. The van der Waals surface area contributed by atoms with E-state index in [1.807, 2.05) is 41.8 Å². The second-order valence-electron chi connectivity index (χ2n) is 9.00. The lowest BCUT2D eigenvalue weighted by molar-refractivity contribution is -0.130. The highest BCUT2D eigenvalue weighted by Gasteiger charge is 2.60. The summed E-state index contributed by atoms with van der Waals surface area (Å²) in [6, 6.07) is 2.02. The molecule has 2 aromatic heterocycles. The fourth-order valence-electron chi connectivity index (χ4n) is 6.27. The van der Waals surface area contributed by atoms with Crippen molar-refractivity contribution in [2.45, 2.75) is 62.9 Å². The molecule has 2 aromatic rings. The van der Waals surface area contributed by atoms with E-state index in [1.54, 1.807) is 0 Å². The standard InChI is InChI=1S/C19H26N6O/c1-13-21-23-25(22-13)19-9-15-5-16(10-19)8-18(7-15,12-19)20-17(26)6-14-3-4-24(2)11-14/h3-4,11,15-16H,5-10,12H2,1-2H3,(H,20,26). The van der Waals surface area contributed by atoms with Crippen molar-refractivity contribution in [3.05, 3.63) is 29.8 Å². The summed E-state index contributed by atoms with van der Waals surface area (Å²) in [7, 11) is 1.98. The van der Waals surface area contributed by atoms with Crippen LogP contribution < -0.4 is 5.32 Å². The molecule has 0 aliphatic heterocycles. The molecule has 1 amide bonds. The zero-order chi connectivity index (χ0) is 17.9. The van der Waals surface area contributed by atoms with Crippen LogP contribution in [0, 0.1) is 18.8 Å². The number of nitrogens with zero attached hydrogens (tertiary/aromatic N) is 5. The molecule has 1 N–H and O–H groups in total. The van der Waals surface area contributed by atoms with Crippen LogP contribution in [0.1, 0.15) is 49.9 Å². The summed E-state index contributed by atoms with van der Waals surface area (Å²) in [5.41, 5.74) is 0.904. The number of aryl methyl sites for hydroxylation is 2. The van der Waals surface area contributed by atoms with E-state index in [2.05, 4.69) is 20.7 Å². The molecule has 0 aromatic carbocycles. The first-order valence-corrected chi connectivity index (χ1v) is 9.63. The molecule has 26 heavy (non-hydrogen) atoms. The Morgan fingerprint density at radius 2 is 2.08 bits per heavy atom. The van der Waals surface area contributed by atoms with Crippen molar-refractivity contribution in [2.24, 2.45) is 18.9 Å². The van der Waals surface area contributed by atoms with Crippen LogP contribution in [-0.2, 0) is 23.8 Å². The number of hydrogen-bond acceptors (Lipinski definition) is 4. The topological polar surface area (TPSA) is 77.6 Å². The minimum atomic E-state index is -0.0997. The molecule has 2 atom stereocenters. The summed E-state index contributed by atoms with van der Waals surface area (Å²) in [6.07, 6.45) is 11.1. The van der Waals surface area contributed by atoms with Gasteiger partial charge in [0.25, 0.3) is 0 Å². The molecule has 4 bridgehead atoms. The minimum Gasteiger partial charge on any atom is -0.357 e. The highest BCUT2D eigenvalue weighted by molar-refractivity contribution is 5.79. The van der Waals surface area contributed by atoms with E-state index in [0.717, 1.165) is 43.5 Å². The first kappa shape index (κ1) is 16.0. The third kappa shape index (κ3) is 2.56. The van der Waals surface area contributed by atoms with Crippen molar-refractivity contribution in [3.8, 4) is 0 Å². The Morgan fingerprint density at radius 3 is 2.69 bits per heavy atom. The largest absolute Gasteiger partial charge is 0.357 e. The highest BCUT2D eigenvalue weighted by atomic mass is 16.1. The van der Waals surface area contributed by atoms with Crippen molar-refractivity contribution in [3.63, 3.8) is 0 Å². The summed E-state index contributed by atoms with van der Waals surface area (Å²) >= 11 is 0. The number of hydrogen-bond donors (Lipinski definition) is 1. The number of amides is 1. The summed E-state index contributed by atoms with van der Waals surface area (Å²) < 4.78 is 1.99. The Balaban J connectivity index is 1.39. The maximum absolute atomic E-state index is 12.8.